The molecule has 0 saturated heterocycles. The van der Waals surface area contributed by atoms with E-state index in [0.717, 1.165) is 12.8 Å². The van der Waals surface area contributed by atoms with Crippen LogP contribution in [0.4, 0.5) is 0 Å². The van der Waals surface area contributed by atoms with Gasteiger partial charge in [0.1, 0.15) is 0 Å². The van der Waals surface area contributed by atoms with Crippen LogP contribution in [0.3, 0.4) is 0 Å². The molecule has 17 heavy (non-hydrogen) atoms. The summed E-state index contributed by atoms with van der Waals surface area (Å²) in [5.74, 6) is -1.55. The van der Waals surface area contributed by atoms with Crippen LogP contribution in [0.5, 0.6) is 0 Å². The monoisotopic (exact) mass is 234 g/mol. The highest BCUT2D eigenvalue weighted by atomic mass is 16.4. The van der Waals surface area contributed by atoms with E-state index in [4.69, 9.17) is 5.11 Å². The van der Waals surface area contributed by atoms with Crippen LogP contribution in [0.2, 0.25) is 0 Å². The molecule has 1 aromatic rings. The Morgan fingerprint density at radius 2 is 2.24 bits per heavy atom. The van der Waals surface area contributed by atoms with Crippen molar-refractivity contribution in [1.29, 1.82) is 0 Å². The number of amides is 1. The van der Waals surface area contributed by atoms with E-state index in [1.54, 1.807) is 18.3 Å². The van der Waals surface area contributed by atoms with Crippen molar-refractivity contribution in [3.63, 3.8) is 0 Å². The molecule has 0 aliphatic heterocycles. The van der Waals surface area contributed by atoms with E-state index in [9.17, 15) is 9.59 Å². The number of hydrogen-bond donors (Lipinski definition) is 2. The normalized spacial score (nSPS) is 23.3. The molecule has 1 heterocycles. The number of aliphatic carboxylic acids is 1. The average molecular weight is 234 g/mol. The first-order chi connectivity index (χ1) is 8.18. The average Bonchev–Trinajstić information content (AvgIpc) is 2.78. The summed E-state index contributed by atoms with van der Waals surface area (Å²) in [5, 5.41) is 11.8. The van der Waals surface area contributed by atoms with E-state index < -0.39 is 11.9 Å². The molecule has 5 heteroatoms. The van der Waals surface area contributed by atoms with Crippen LogP contribution in [0.1, 0.15) is 29.6 Å². The van der Waals surface area contributed by atoms with Crippen molar-refractivity contribution in [3.8, 4) is 0 Å². The number of nitrogens with zero attached hydrogens (tertiary/aromatic N) is 1. The van der Waals surface area contributed by atoms with Crippen molar-refractivity contribution in [2.75, 3.05) is 0 Å². The minimum Gasteiger partial charge on any atom is -0.481 e. The molecule has 2 atom stereocenters. The molecular formula is C12H14N2O3. The van der Waals surface area contributed by atoms with E-state index in [-0.39, 0.29) is 11.9 Å². The molecule has 1 fully saturated rings. The Balaban J connectivity index is 2.02. The van der Waals surface area contributed by atoms with Gasteiger partial charge in [-0.25, -0.2) is 0 Å². The van der Waals surface area contributed by atoms with Crippen LogP contribution in [0.15, 0.2) is 24.5 Å². The van der Waals surface area contributed by atoms with Gasteiger partial charge in [0.05, 0.1) is 11.5 Å². The maximum absolute atomic E-state index is 11.8. The third-order valence-electron chi connectivity index (χ3n) is 3.07. The number of carbonyl (C=O) groups is 2. The molecular weight excluding hydrogens is 220 g/mol. The van der Waals surface area contributed by atoms with Crippen molar-refractivity contribution in [3.05, 3.63) is 30.1 Å². The summed E-state index contributed by atoms with van der Waals surface area (Å²) in [6, 6.07) is 3.07. The predicted octanol–water partition coefficient (Wildman–Crippen LogP) is 1.06. The first-order valence-electron chi connectivity index (χ1n) is 5.62. The van der Waals surface area contributed by atoms with Gasteiger partial charge in [-0.05, 0) is 25.0 Å². The molecule has 1 aromatic heterocycles. The molecule has 2 N–H and O–H groups in total. The summed E-state index contributed by atoms with van der Waals surface area (Å²) in [5.41, 5.74) is 0.462. The molecule has 0 aromatic carbocycles. The van der Waals surface area contributed by atoms with Gasteiger partial charge in [-0.15, -0.1) is 0 Å². The molecule has 1 amide bonds. The fourth-order valence-electron chi connectivity index (χ4n) is 2.18. The second kappa shape index (κ2) is 4.95. The summed E-state index contributed by atoms with van der Waals surface area (Å²) in [6.07, 6.45) is 5.26. The standard InChI is InChI=1S/C12H14N2O3/c15-11(8-3-2-6-13-7-8)14-10-5-1-4-9(10)12(16)17/h2-3,6-7,9-10H,1,4-5H2,(H,14,15)(H,16,17)/t9-,10+/m1/s1. The van der Waals surface area contributed by atoms with Gasteiger partial charge >= 0.3 is 5.97 Å². The molecule has 5 nitrogen and oxygen atoms in total. The lowest BCUT2D eigenvalue weighted by Gasteiger charge is -2.17. The Kier molecular flexibility index (Phi) is 3.37. The molecule has 0 radical (unpaired) electrons. The Hall–Kier alpha value is -1.91. The van der Waals surface area contributed by atoms with E-state index in [1.165, 1.54) is 6.20 Å². The largest absolute Gasteiger partial charge is 0.481 e. The molecule has 1 aliphatic rings. The lowest BCUT2D eigenvalue weighted by Crippen LogP contribution is -2.40. The van der Waals surface area contributed by atoms with Gasteiger partial charge < -0.3 is 10.4 Å². The number of carbonyl (C=O) groups excluding carboxylic acids is 1. The topological polar surface area (TPSA) is 79.3 Å². The SMILES string of the molecule is O=C(N[C@H]1CCC[C@H]1C(=O)O)c1cccnc1. The lowest BCUT2D eigenvalue weighted by molar-refractivity contribution is -0.142. The van der Waals surface area contributed by atoms with Gasteiger partial charge in [0, 0.05) is 18.4 Å². The third kappa shape index (κ3) is 2.61. The quantitative estimate of drug-likeness (QED) is 0.819. The summed E-state index contributed by atoms with van der Waals surface area (Å²) in [7, 11) is 0. The van der Waals surface area contributed by atoms with Crippen molar-refractivity contribution < 1.29 is 14.7 Å². The Morgan fingerprint density at radius 1 is 1.41 bits per heavy atom. The van der Waals surface area contributed by atoms with Crippen LogP contribution in [0, 0.1) is 5.92 Å². The minimum absolute atomic E-state index is 0.253. The van der Waals surface area contributed by atoms with Gasteiger partial charge in [0.2, 0.25) is 0 Å². The molecule has 0 bridgehead atoms. The summed E-state index contributed by atoms with van der Waals surface area (Å²) in [4.78, 5) is 26.6. The zero-order chi connectivity index (χ0) is 12.3. The van der Waals surface area contributed by atoms with Crippen LogP contribution in [-0.4, -0.2) is 28.0 Å². The molecule has 0 unspecified atom stereocenters. The highest BCUT2D eigenvalue weighted by Gasteiger charge is 2.33. The zero-order valence-corrected chi connectivity index (χ0v) is 9.30. The first-order valence-corrected chi connectivity index (χ1v) is 5.62. The lowest BCUT2D eigenvalue weighted by atomic mass is 10.0. The molecule has 2 rings (SSSR count). The number of hydrogen-bond acceptors (Lipinski definition) is 3. The van der Waals surface area contributed by atoms with Crippen LogP contribution in [-0.2, 0) is 4.79 Å². The number of carboxylic acids is 1. The van der Waals surface area contributed by atoms with Crippen LogP contribution < -0.4 is 5.32 Å². The summed E-state index contributed by atoms with van der Waals surface area (Å²) in [6.45, 7) is 0. The van der Waals surface area contributed by atoms with Gasteiger partial charge in [-0.1, -0.05) is 6.42 Å². The fourth-order valence-corrected chi connectivity index (χ4v) is 2.18. The second-order valence-electron chi connectivity index (χ2n) is 4.20. The summed E-state index contributed by atoms with van der Waals surface area (Å²) < 4.78 is 0. The van der Waals surface area contributed by atoms with E-state index >= 15 is 0 Å². The molecule has 90 valence electrons. The maximum atomic E-state index is 11.8. The van der Waals surface area contributed by atoms with Crippen LogP contribution in [0.25, 0.3) is 0 Å². The van der Waals surface area contributed by atoms with E-state index in [1.807, 2.05) is 0 Å². The molecule has 1 aliphatic carbocycles. The zero-order valence-electron chi connectivity index (χ0n) is 9.30. The van der Waals surface area contributed by atoms with Gasteiger partial charge in [-0.2, -0.15) is 0 Å². The highest BCUT2D eigenvalue weighted by molar-refractivity contribution is 5.94. The Labute approximate surface area is 98.9 Å². The predicted molar refractivity (Wildman–Crippen MR) is 60.5 cm³/mol. The van der Waals surface area contributed by atoms with E-state index in [0.29, 0.717) is 12.0 Å². The van der Waals surface area contributed by atoms with E-state index in [2.05, 4.69) is 10.3 Å². The van der Waals surface area contributed by atoms with Crippen LogP contribution >= 0.6 is 0 Å². The Bertz CT molecular complexity index is 419. The first kappa shape index (κ1) is 11.6. The van der Waals surface area contributed by atoms with Crippen molar-refractivity contribution >= 4 is 11.9 Å². The number of nitrogens with one attached hydrogen (secondary N) is 1. The smallest absolute Gasteiger partial charge is 0.308 e. The minimum atomic E-state index is -0.834. The van der Waals surface area contributed by atoms with Crippen molar-refractivity contribution in [2.45, 2.75) is 25.3 Å². The van der Waals surface area contributed by atoms with Crippen molar-refractivity contribution in [1.82, 2.24) is 10.3 Å². The Morgan fingerprint density at radius 3 is 2.88 bits per heavy atom. The van der Waals surface area contributed by atoms with Gasteiger partial charge in [-0.3, -0.25) is 14.6 Å². The highest BCUT2D eigenvalue weighted by Crippen LogP contribution is 2.26. The number of carboxylic acid groups (broad SMARTS) is 1. The van der Waals surface area contributed by atoms with Crippen molar-refractivity contribution in [2.24, 2.45) is 5.92 Å². The molecule has 1 saturated carbocycles. The fraction of sp³-hybridized carbons (Fsp3) is 0.417. The number of pyridine rings is 1. The second-order valence-corrected chi connectivity index (χ2v) is 4.20. The third-order valence-corrected chi connectivity index (χ3v) is 3.07. The molecule has 0 spiro atoms. The van der Waals surface area contributed by atoms with Gasteiger partial charge in [0.25, 0.3) is 5.91 Å². The van der Waals surface area contributed by atoms with Gasteiger partial charge in [0.15, 0.2) is 0 Å². The maximum Gasteiger partial charge on any atom is 0.308 e. The number of rotatable bonds is 3. The summed E-state index contributed by atoms with van der Waals surface area (Å²) >= 11 is 0. The number of aromatic nitrogens is 1.